The van der Waals surface area contributed by atoms with Crippen LogP contribution in [0.15, 0.2) is 24.3 Å². The van der Waals surface area contributed by atoms with Gasteiger partial charge in [-0.1, -0.05) is 0 Å². The molecule has 3 rings (SSSR count). The standard InChI is InChI=1S/C15H18N2O2S/c1-11-14(12-3-5-13(18-2)6-4-12)16-15(20-11)17-7-9-19-10-8-17/h3-6H,7-10H2,1-2H3. The maximum atomic E-state index is 5.39. The molecule has 1 aliphatic rings. The first-order valence-electron chi connectivity index (χ1n) is 6.72. The van der Waals surface area contributed by atoms with Gasteiger partial charge < -0.3 is 14.4 Å². The molecule has 4 nitrogen and oxygen atoms in total. The molecule has 0 spiro atoms. The van der Waals surface area contributed by atoms with E-state index in [0.29, 0.717) is 0 Å². The molecule has 2 heterocycles. The van der Waals surface area contributed by atoms with Crippen molar-refractivity contribution in [1.82, 2.24) is 4.98 Å². The summed E-state index contributed by atoms with van der Waals surface area (Å²) in [4.78, 5) is 8.35. The van der Waals surface area contributed by atoms with Crippen LogP contribution in [-0.4, -0.2) is 38.4 Å². The fourth-order valence-electron chi connectivity index (χ4n) is 2.29. The number of aromatic nitrogens is 1. The minimum atomic E-state index is 0.788. The number of morpholine rings is 1. The highest BCUT2D eigenvalue weighted by molar-refractivity contribution is 7.16. The molecule has 2 aromatic rings. The SMILES string of the molecule is COc1ccc(-c2nc(N3CCOCC3)sc2C)cc1. The molecule has 0 unspecified atom stereocenters. The number of hydrogen-bond acceptors (Lipinski definition) is 5. The van der Waals surface area contributed by atoms with Crippen molar-refractivity contribution in [3.8, 4) is 17.0 Å². The Morgan fingerprint density at radius 2 is 1.90 bits per heavy atom. The number of anilines is 1. The molecule has 0 amide bonds. The molecular weight excluding hydrogens is 272 g/mol. The Morgan fingerprint density at radius 1 is 1.20 bits per heavy atom. The van der Waals surface area contributed by atoms with Crippen molar-refractivity contribution in [2.45, 2.75) is 6.92 Å². The van der Waals surface area contributed by atoms with E-state index in [0.717, 1.165) is 48.4 Å². The number of hydrogen-bond donors (Lipinski definition) is 0. The molecule has 1 fully saturated rings. The first-order valence-corrected chi connectivity index (χ1v) is 7.54. The number of rotatable bonds is 3. The second-order valence-electron chi connectivity index (χ2n) is 4.73. The highest BCUT2D eigenvalue weighted by Gasteiger charge is 2.17. The third-order valence-corrected chi connectivity index (χ3v) is 4.46. The van der Waals surface area contributed by atoms with Crippen LogP contribution in [0.3, 0.4) is 0 Å². The first-order chi connectivity index (χ1) is 9.78. The lowest BCUT2D eigenvalue weighted by Gasteiger charge is -2.26. The molecule has 20 heavy (non-hydrogen) atoms. The molecule has 1 aromatic heterocycles. The van der Waals surface area contributed by atoms with Crippen molar-refractivity contribution < 1.29 is 9.47 Å². The van der Waals surface area contributed by atoms with Crippen LogP contribution in [0.5, 0.6) is 5.75 Å². The van der Waals surface area contributed by atoms with Gasteiger partial charge in [0.15, 0.2) is 5.13 Å². The summed E-state index contributed by atoms with van der Waals surface area (Å²) in [6.45, 7) is 5.55. The van der Waals surface area contributed by atoms with Crippen LogP contribution >= 0.6 is 11.3 Å². The summed E-state index contributed by atoms with van der Waals surface area (Å²) >= 11 is 1.75. The molecule has 0 N–H and O–H groups in total. The summed E-state index contributed by atoms with van der Waals surface area (Å²) in [5, 5.41) is 1.09. The Hall–Kier alpha value is -1.59. The van der Waals surface area contributed by atoms with Crippen LogP contribution < -0.4 is 9.64 Å². The van der Waals surface area contributed by atoms with Crippen molar-refractivity contribution in [2.24, 2.45) is 0 Å². The van der Waals surface area contributed by atoms with Gasteiger partial charge in [0.05, 0.1) is 26.0 Å². The zero-order chi connectivity index (χ0) is 13.9. The Bertz CT molecular complexity index is 574. The van der Waals surface area contributed by atoms with E-state index < -0.39 is 0 Å². The van der Waals surface area contributed by atoms with E-state index in [1.165, 1.54) is 4.88 Å². The van der Waals surface area contributed by atoms with Crippen molar-refractivity contribution in [1.29, 1.82) is 0 Å². The van der Waals surface area contributed by atoms with Gasteiger partial charge in [0.25, 0.3) is 0 Å². The van der Waals surface area contributed by atoms with Gasteiger partial charge >= 0.3 is 0 Å². The van der Waals surface area contributed by atoms with Crippen molar-refractivity contribution >= 4 is 16.5 Å². The molecule has 0 saturated carbocycles. The number of methoxy groups -OCH3 is 1. The lowest BCUT2D eigenvalue weighted by Crippen LogP contribution is -2.36. The third kappa shape index (κ3) is 2.64. The molecule has 0 aliphatic carbocycles. The molecule has 0 bridgehead atoms. The van der Waals surface area contributed by atoms with Gasteiger partial charge in [-0.3, -0.25) is 0 Å². The molecule has 5 heteroatoms. The van der Waals surface area contributed by atoms with E-state index in [-0.39, 0.29) is 0 Å². The topological polar surface area (TPSA) is 34.6 Å². The maximum Gasteiger partial charge on any atom is 0.186 e. The normalized spacial score (nSPS) is 15.4. The Balaban J connectivity index is 1.87. The van der Waals surface area contributed by atoms with Gasteiger partial charge in [-0.2, -0.15) is 0 Å². The molecule has 106 valence electrons. The van der Waals surface area contributed by atoms with Gasteiger partial charge in [0.2, 0.25) is 0 Å². The zero-order valence-electron chi connectivity index (χ0n) is 11.8. The van der Waals surface area contributed by atoms with Gasteiger partial charge in [-0.15, -0.1) is 11.3 Å². The van der Waals surface area contributed by atoms with Gasteiger partial charge in [-0.05, 0) is 31.2 Å². The second-order valence-corrected chi connectivity index (χ2v) is 5.91. The van der Waals surface area contributed by atoms with Crippen LogP contribution in [-0.2, 0) is 4.74 Å². The maximum absolute atomic E-state index is 5.39. The number of ether oxygens (including phenoxy) is 2. The van der Waals surface area contributed by atoms with E-state index in [1.807, 2.05) is 12.1 Å². The quantitative estimate of drug-likeness (QED) is 0.870. The lowest BCUT2D eigenvalue weighted by molar-refractivity contribution is 0.122. The first kappa shape index (κ1) is 13.4. The molecular formula is C15H18N2O2S. The van der Waals surface area contributed by atoms with E-state index in [4.69, 9.17) is 14.5 Å². The molecule has 1 aromatic carbocycles. The highest BCUT2D eigenvalue weighted by atomic mass is 32.1. The summed E-state index contributed by atoms with van der Waals surface area (Å²) < 4.78 is 10.6. The Kier molecular flexibility index (Phi) is 3.89. The highest BCUT2D eigenvalue weighted by Crippen LogP contribution is 2.33. The zero-order valence-corrected chi connectivity index (χ0v) is 12.6. The largest absolute Gasteiger partial charge is 0.497 e. The number of benzene rings is 1. The van der Waals surface area contributed by atoms with Crippen molar-refractivity contribution in [3.63, 3.8) is 0 Å². The van der Waals surface area contributed by atoms with E-state index >= 15 is 0 Å². The monoisotopic (exact) mass is 290 g/mol. The van der Waals surface area contributed by atoms with Crippen molar-refractivity contribution in [2.75, 3.05) is 38.3 Å². The van der Waals surface area contributed by atoms with Gasteiger partial charge in [-0.25, -0.2) is 4.98 Å². The fourth-order valence-corrected chi connectivity index (χ4v) is 3.27. The number of nitrogens with zero attached hydrogens (tertiary/aromatic N) is 2. The summed E-state index contributed by atoms with van der Waals surface area (Å²) in [7, 11) is 1.68. The van der Waals surface area contributed by atoms with E-state index in [1.54, 1.807) is 18.4 Å². The van der Waals surface area contributed by atoms with Gasteiger partial charge in [0, 0.05) is 23.5 Å². The average Bonchev–Trinajstić information content (AvgIpc) is 2.90. The fraction of sp³-hybridized carbons (Fsp3) is 0.400. The minimum absolute atomic E-state index is 0.788. The second kappa shape index (κ2) is 5.81. The average molecular weight is 290 g/mol. The van der Waals surface area contributed by atoms with Crippen LogP contribution in [0, 0.1) is 6.92 Å². The molecule has 0 atom stereocenters. The summed E-state index contributed by atoms with van der Waals surface area (Å²) in [5.41, 5.74) is 2.21. The Labute approximate surface area is 123 Å². The van der Waals surface area contributed by atoms with Crippen molar-refractivity contribution in [3.05, 3.63) is 29.1 Å². The van der Waals surface area contributed by atoms with Crippen LogP contribution in [0.1, 0.15) is 4.88 Å². The Morgan fingerprint density at radius 3 is 2.55 bits per heavy atom. The van der Waals surface area contributed by atoms with E-state index in [2.05, 4.69) is 24.0 Å². The third-order valence-electron chi connectivity index (χ3n) is 3.43. The number of aryl methyl sites for hydroxylation is 1. The molecule has 1 saturated heterocycles. The summed E-state index contributed by atoms with van der Waals surface area (Å²) in [5.74, 6) is 0.870. The van der Waals surface area contributed by atoms with Crippen LogP contribution in [0.25, 0.3) is 11.3 Å². The predicted molar refractivity (Wildman–Crippen MR) is 81.9 cm³/mol. The lowest BCUT2D eigenvalue weighted by atomic mass is 10.1. The molecule has 1 aliphatic heterocycles. The van der Waals surface area contributed by atoms with Gasteiger partial charge in [0.1, 0.15) is 5.75 Å². The van der Waals surface area contributed by atoms with Crippen LogP contribution in [0.4, 0.5) is 5.13 Å². The van der Waals surface area contributed by atoms with E-state index in [9.17, 15) is 0 Å². The number of thiazole rings is 1. The predicted octanol–water partition coefficient (Wildman–Crippen LogP) is 2.96. The van der Waals surface area contributed by atoms with Crippen LogP contribution in [0.2, 0.25) is 0 Å². The minimum Gasteiger partial charge on any atom is -0.497 e. The molecule has 0 radical (unpaired) electrons. The summed E-state index contributed by atoms with van der Waals surface area (Å²) in [6, 6.07) is 8.07. The summed E-state index contributed by atoms with van der Waals surface area (Å²) in [6.07, 6.45) is 0. The smallest absolute Gasteiger partial charge is 0.186 e.